The van der Waals surface area contributed by atoms with Crippen LogP contribution in [0.1, 0.15) is 28.7 Å². The predicted octanol–water partition coefficient (Wildman–Crippen LogP) is 6.73. The first-order chi connectivity index (χ1) is 20.4. The second-order valence-electron chi connectivity index (χ2n) is 10.3. The summed E-state index contributed by atoms with van der Waals surface area (Å²) in [5, 5.41) is 16.8. The molecule has 8 nitrogen and oxygen atoms in total. The van der Waals surface area contributed by atoms with Crippen LogP contribution in [0.15, 0.2) is 88.6 Å². The maximum atomic E-state index is 13.1. The third-order valence-electron chi connectivity index (χ3n) is 7.35. The molecular weight excluding hydrogens is 546 g/mol. The van der Waals surface area contributed by atoms with Crippen LogP contribution in [0.25, 0.3) is 17.0 Å². The van der Waals surface area contributed by atoms with Crippen molar-refractivity contribution in [2.45, 2.75) is 33.7 Å². The molecule has 2 aliphatic rings. The van der Waals surface area contributed by atoms with Crippen LogP contribution >= 0.6 is 11.8 Å². The zero-order valence-electron chi connectivity index (χ0n) is 23.8. The first-order valence-corrected chi connectivity index (χ1v) is 14.6. The van der Waals surface area contributed by atoms with E-state index in [0.717, 1.165) is 46.5 Å². The summed E-state index contributed by atoms with van der Waals surface area (Å²) < 4.78 is 14.1. The molecule has 0 radical (unpaired) electrons. The molecule has 1 amide bonds. The number of amidine groups is 2. The van der Waals surface area contributed by atoms with Gasteiger partial charge in [-0.15, -0.1) is 0 Å². The van der Waals surface area contributed by atoms with Gasteiger partial charge in [0.1, 0.15) is 23.1 Å². The van der Waals surface area contributed by atoms with Crippen molar-refractivity contribution in [1.82, 2.24) is 9.58 Å². The number of rotatable bonds is 9. The molecule has 4 aromatic rings. The summed E-state index contributed by atoms with van der Waals surface area (Å²) in [5.41, 5.74) is 5.59. The van der Waals surface area contributed by atoms with E-state index in [1.54, 1.807) is 6.08 Å². The second-order valence-corrected chi connectivity index (χ2v) is 11.4. The molecular formula is C33H31N5O3S. The van der Waals surface area contributed by atoms with E-state index in [1.165, 1.54) is 27.9 Å². The molecule has 0 unspecified atom stereocenters. The summed E-state index contributed by atoms with van der Waals surface area (Å²) >= 11 is 1.25. The highest BCUT2D eigenvalue weighted by Gasteiger charge is 2.36. The molecule has 0 atom stereocenters. The fourth-order valence-electron chi connectivity index (χ4n) is 4.91. The minimum atomic E-state index is -0.450. The number of carbonyl (C=O) groups is 1. The fraction of sp³-hybridized carbons (Fsp3) is 0.212. The number of nitrogens with zero attached hydrogens (tertiary/aromatic N) is 4. The Labute approximate surface area is 248 Å². The highest BCUT2D eigenvalue weighted by Crippen LogP contribution is 2.31. The smallest absolute Gasteiger partial charge is 0.283 e. The fourth-order valence-corrected chi connectivity index (χ4v) is 5.71. The number of hydrogen-bond donors (Lipinski definition) is 1. The van der Waals surface area contributed by atoms with E-state index in [2.05, 4.69) is 46.7 Å². The first-order valence-electron chi connectivity index (χ1n) is 13.8. The van der Waals surface area contributed by atoms with Crippen molar-refractivity contribution in [2.75, 3.05) is 13.2 Å². The van der Waals surface area contributed by atoms with Crippen LogP contribution in [-0.2, 0) is 11.3 Å². The number of aromatic nitrogens is 1. The van der Waals surface area contributed by atoms with Crippen LogP contribution in [0.5, 0.6) is 11.5 Å². The molecule has 0 saturated heterocycles. The lowest BCUT2D eigenvalue weighted by Gasteiger charge is -2.20. The second kappa shape index (κ2) is 11.7. The van der Waals surface area contributed by atoms with Crippen molar-refractivity contribution in [3.8, 4) is 11.5 Å². The number of fused-ring (bicyclic) bond motifs is 2. The Morgan fingerprint density at radius 2 is 1.76 bits per heavy atom. The Hall–Kier alpha value is -4.63. The molecule has 0 spiro atoms. The van der Waals surface area contributed by atoms with Gasteiger partial charge in [0.05, 0.1) is 12.2 Å². The zero-order chi connectivity index (χ0) is 29.2. The number of hydrazone groups is 1. The predicted molar refractivity (Wildman–Crippen MR) is 170 cm³/mol. The first kappa shape index (κ1) is 27.5. The number of amides is 1. The van der Waals surface area contributed by atoms with E-state index in [4.69, 9.17) is 14.9 Å². The summed E-state index contributed by atoms with van der Waals surface area (Å²) in [5.74, 6) is 1.20. The maximum absolute atomic E-state index is 13.1. The van der Waals surface area contributed by atoms with Crippen molar-refractivity contribution in [3.63, 3.8) is 0 Å². The lowest BCUT2D eigenvalue weighted by molar-refractivity contribution is -0.114. The Morgan fingerprint density at radius 3 is 2.60 bits per heavy atom. The number of aliphatic imine (C=N–C) groups is 1. The summed E-state index contributed by atoms with van der Waals surface area (Å²) in [6, 6.07) is 22.0. The Bertz CT molecular complexity index is 1800. The molecule has 2 aliphatic heterocycles. The summed E-state index contributed by atoms with van der Waals surface area (Å²) in [6.45, 7) is 7.73. The Balaban J connectivity index is 1.17. The van der Waals surface area contributed by atoms with Crippen LogP contribution in [0.4, 0.5) is 0 Å². The molecule has 3 aromatic carbocycles. The maximum Gasteiger partial charge on any atom is 0.283 e. The van der Waals surface area contributed by atoms with Gasteiger partial charge in [0.2, 0.25) is 5.17 Å². The van der Waals surface area contributed by atoms with Crippen LogP contribution < -0.4 is 9.47 Å². The van der Waals surface area contributed by atoms with Crippen molar-refractivity contribution < 1.29 is 14.3 Å². The lowest BCUT2D eigenvalue weighted by Crippen LogP contribution is -2.35. The third-order valence-corrected chi connectivity index (χ3v) is 8.23. The van der Waals surface area contributed by atoms with E-state index in [1.807, 2.05) is 61.7 Å². The van der Waals surface area contributed by atoms with Gasteiger partial charge in [0, 0.05) is 29.2 Å². The van der Waals surface area contributed by atoms with Gasteiger partial charge >= 0.3 is 0 Å². The quantitative estimate of drug-likeness (QED) is 0.176. The normalized spacial score (nSPS) is 15.7. The van der Waals surface area contributed by atoms with Crippen LogP contribution in [0.3, 0.4) is 0 Å². The zero-order valence-corrected chi connectivity index (χ0v) is 24.6. The van der Waals surface area contributed by atoms with Gasteiger partial charge in [0.15, 0.2) is 5.84 Å². The molecule has 0 fully saturated rings. The number of ether oxygens (including phenoxy) is 2. The third kappa shape index (κ3) is 5.60. The number of carbonyl (C=O) groups excluding carboxylic acids is 1. The van der Waals surface area contributed by atoms with Crippen molar-refractivity contribution >= 4 is 50.7 Å². The van der Waals surface area contributed by atoms with Crippen LogP contribution in [-0.4, -0.2) is 44.7 Å². The largest absolute Gasteiger partial charge is 0.494 e. The van der Waals surface area contributed by atoms with E-state index in [0.29, 0.717) is 16.8 Å². The Morgan fingerprint density at radius 1 is 0.952 bits per heavy atom. The number of benzene rings is 3. The number of thioether (sulfide) groups is 1. The summed E-state index contributed by atoms with van der Waals surface area (Å²) in [7, 11) is 0. The van der Waals surface area contributed by atoms with Gasteiger partial charge in [-0.05, 0) is 86.0 Å². The van der Waals surface area contributed by atoms with E-state index in [9.17, 15) is 4.79 Å². The molecule has 0 saturated carbocycles. The molecule has 1 aromatic heterocycles. The van der Waals surface area contributed by atoms with Gasteiger partial charge in [-0.2, -0.15) is 15.1 Å². The SMILES string of the molecule is Cc1ccc(OCCCn2cc(C=C3C(=N)N4N=C(COc5ccccc5C)SC4=NC3=O)c3ccccc32)cc1C. The molecule has 3 heterocycles. The highest BCUT2D eigenvalue weighted by atomic mass is 32.2. The standard InChI is InChI=1S/C33H31N5O3S/c1-21-13-14-25(17-23(21)3)40-16-8-15-37-19-24(26-10-5-6-11-28(26)37)18-27-31(34)38-33(35-32(27)39)42-30(36-38)20-41-29-12-7-4-9-22(29)2/h4-7,9-14,17-19,34H,8,15-16,20H2,1-3H3. The minimum absolute atomic E-state index is 0.00186. The van der Waals surface area contributed by atoms with E-state index in [-0.39, 0.29) is 18.0 Å². The monoisotopic (exact) mass is 577 g/mol. The van der Waals surface area contributed by atoms with Gasteiger partial charge in [-0.1, -0.05) is 42.5 Å². The number of nitrogens with one attached hydrogen (secondary N) is 1. The van der Waals surface area contributed by atoms with Gasteiger partial charge in [0.25, 0.3) is 5.91 Å². The van der Waals surface area contributed by atoms with Gasteiger partial charge in [-0.3, -0.25) is 10.2 Å². The number of para-hydroxylation sites is 2. The average Bonchev–Trinajstić information content (AvgIpc) is 3.56. The number of aryl methyl sites for hydroxylation is 4. The molecule has 0 aliphatic carbocycles. The summed E-state index contributed by atoms with van der Waals surface area (Å²) in [6.07, 6.45) is 4.59. The molecule has 0 bridgehead atoms. The Kier molecular flexibility index (Phi) is 7.67. The highest BCUT2D eigenvalue weighted by molar-refractivity contribution is 8.27. The molecule has 6 rings (SSSR count). The molecule has 42 heavy (non-hydrogen) atoms. The number of hydrogen-bond acceptors (Lipinski definition) is 6. The molecule has 9 heteroatoms. The van der Waals surface area contributed by atoms with Crippen LogP contribution in [0, 0.1) is 26.2 Å². The van der Waals surface area contributed by atoms with Crippen LogP contribution in [0.2, 0.25) is 0 Å². The van der Waals surface area contributed by atoms with Gasteiger partial charge in [-0.25, -0.2) is 0 Å². The van der Waals surface area contributed by atoms with Crippen molar-refractivity contribution in [1.29, 1.82) is 5.41 Å². The minimum Gasteiger partial charge on any atom is -0.494 e. The average molecular weight is 578 g/mol. The van der Waals surface area contributed by atoms with Crippen molar-refractivity contribution in [3.05, 3.63) is 101 Å². The van der Waals surface area contributed by atoms with Gasteiger partial charge < -0.3 is 14.0 Å². The lowest BCUT2D eigenvalue weighted by atomic mass is 10.1. The topological polar surface area (TPSA) is 92.3 Å². The molecule has 1 N–H and O–H groups in total. The van der Waals surface area contributed by atoms with E-state index >= 15 is 0 Å². The van der Waals surface area contributed by atoms with Crippen molar-refractivity contribution in [2.24, 2.45) is 10.1 Å². The van der Waals surface area contributed by atoms with E-state index < -0.39 is 5.91 Å². The summed E-state index contributed by atoms with van der Waals surface area (Å²) in [4.78, 5) is 17.3. The molecule has 212 valence electrons.